The van der Waals surface area contributed by atoms with E-state index in [-0.39, 0.29) is 11.4 Å². The molecule has 2 heterocycles. The van der Waals surface area contributed by atoms with Crippen LogP contribution in [0.1, 0.15) is 6.92 Å². The fourth-order valence-corrected chi connectivity index (χ4v) is 2.76. The summed E-state index contributed by atoms with van der Waals surface area (Å²) in [5, 5.41) is 0. The van der Waals surface area contributed by atoms with E-state index in [0.29, 0.717) is 9.87 Å². The molecular weight excluding hydrogens is 296 g/mol. The third-order valence-corrected chi connectivity index (χ3v) is 3.70. The number of hydrogen-bond acceptors (Lipinski definition) is 6. The highest BCUT2D eigenvalue weighted by Crippen LogP contribution is 2.20. The lowest BCUT2D eigenvalue weighted by molar-refractivity contribution is -0.115. The van der Waals surface area contributed by atoms with Crippen LogP contribution in [0.5, 0.6) is 0 Å². The summed E-state index contributed by atoms with van der Waals surface area (Å²) in [6.45, 7) is 1.05. The van der Waals surface area contributed by atoms with E-state index in [4.69, 9.17) is 4.42 Å². The Morgan fingerprint density at radius 2 is 2.00 bits per heavy atom. The second kappa shape index (κ2) is 5.49. The van der Waals surface area contributed by atoms with Crippen molar-refractivity contribution in [2.75, 3.05) is 10.6 Å². The third kappa shape index (κ3) is 3.16. The summed E-state index contributed by atoms with van der Waals surface area (Å²) in [7, 11) is -3.91. The van der Waals surface area contributed by atoms with Gasteiger partial charge in [0.2, 0.25) is 15.9 Å². The second-order valence-electron chi connectivity index (χ2n) is 4.26. The van der Waals surface area contributed by atoms with Crippen molar-refractivity contribution in [1.29, 1.82) is 0 Å². The van der Waals surface area contributed by atoms with Gasteiger partial charge in [0.1, 0.15) is 11.4 Å². The average molecular weight is 308 g/mol. The van der Waals surface area contributed by atoms with Crippen molar-refractivity contribution in [3.63, 3.8) is 0 Å². The summed E-state index contributed by atoms with van der Waals surface area (Å²) in [6, 6.07) is 6.00. The lowest BCUT2D eigenvalue weighted by Crippen LogP contribution is -2.37. The Bertz CT molecular complexity index is 827. The molecule has 0 spiro atoms. The summed E-state index contributed by atoms with van der Waals surface area (Å²) in [6.07, 6.45) is 3.90. The van der Waals surface area contributed by atoms with Gasteiger partial charge in [0, 0.05) is 24.9 Å². The normalized spacial score (nSPS) is 11.1. The van der Waals surface area contributed by atoms with Gasteiger partial charge in [0.25, 0.3) is 0 Å². The van der Waals surface area contributed by atoms with E-state index in [2.05, 4.69) is 4.98 Å². The highest BCUT2D eigenvalue weighted by Gasteiger charge is 2.25. The fraction of sp³-hybridized carbons (Fsp3) is 0.154. The van der Waals surface area contributed by atoms with Gasteiger partial charge >= 0.3 is 5.63 Å². The molecule has 1 amide bonds. The van der Waals surface area contributed by atoms with Crippen LogP contribution in [-0.2, 0) is 14.8 Å². The third-order valence-electron chi connectivity index (χ3n) is 2.59. The minimum absolute atomic E-state index is 0.230. The van der Waals surface area contributed by atoms with Crippen LogP contribution in [0.25, 0.3) is 11.3 Å². The summed E-state index contributed by atoms with van der Waals surface area (Å²) >= 11 is 0. The van der Waals surface area contributed by atoms with Crippen LogP contribution in [-0.4, -0.2) is 25.6 Å². The Kier molecular flexibility index (Phi) is 3.90. The number of carbonyl (C=O) groups is 1. The molecule has 8 heteroatoms. The van der Waals surface area contributed by atoms with Gasteiger partial charge in [-0.2, -0.15) is 4.31 Å². The van der Waals surface area contributed by atoms with Gasteiger partial charge in [-0.3, -0.25) is 9.78 Å². The Morgan fingerprint density at radius 3 is 2.48 bits per heavy atom. The number of amides is 1. The number of aromatic nitrogens is 1. The van der Waals surface area contributed by atoms with E-state index in [1.807, 2.05) is 0 Å². The monoisotopic (exact) mass is 308 g/mol. The number of sulfonamides is 1. The molecule has 2 rings (SSSR count). The smallest absolute Gasteiger partial charge is 0.361 e. The van der Waals surface area contributed by atoms with Crippen molar-refractivity contribution in [1.82, 2.24) is 4.98 Å². The Morgan fingerprint density at radius 1 is 1.29 bits per heavy atom. The molecule has 0 saturated carbocycles. The second-order valence-corrected chi connectivity index (χ2v) is 6.09. The number of anilines is 1. The summed E-state index contributed by atoms with van der Waals surface area (Å²) in [5.41, 5.74) is -0.704. The topological polar surface area (TPSA) is 97.6 Å². The van der Waals surface area contributed by atoms with Crippen LogP contribution < -0.4 is 9.93 Å². The van der Waals surface area contributed by atoms with Gasteiger partial charge in [0.15, 0.2) is 0 Å². The molecular formula is C13H12N2O5S. The molecule has 0 aromatic carbocycles. The van der Waals surface area contributed by atoms with Crippen molar-refractivity contribution < 1.29 is 17.6 Å². The van der Waals surface area contributed by atoms with Gasteiger partial charge < -0.3 is 4.42 Å². The molecule has 0 aliphatic heterocycles. The minimum Gasteiger partial charge on any atom is -0.421 e. The van der Waals surface area contributed by atoms with Gasteiger partial charge in [0.05, 0.1) is 6.26 Å². The maximum Gasteiger partial charge on any atom is 0.361 e. The van der Waals surface area contributed by atoms with E-state index in [1.54, 1.807) is 18.3 Å². The molecule has 0 radical (unpaired) electrons. The molecule has 0 saturated heterocycles. The van der Waals surface area contributed by atoms with Crippen molar-refractivity contribution in [3.8, 4) is 11.3 Å². The lowest BCUT2D eigenvalue weighted by atomic mass is 10.2. The largest absolute Gasteiger partial charge is 0.421 e. The first-order valence-corrected chi connectivity index (χ1v) is 7.71. The van der Waals surface area contributed by atoms with Crippen molar-refractivity contribution >= 4 is 21.6 Å². The molecule has 21 heavy (non-hydrogen) atoms. The maximum absolute atomic E-state index is 12.0. The molecule has 0 bridgehead atoms. The summed E-state index contributed by atoms with van der Waals surface area (Å²) < 4.78 is 28.7. The average Bonchev–Trinajstić information content (AvgIpc) is 2.40. The lowest BCUT2D eigenvalue weighted by Gasteiger charge is -2.16. The summed E-state index contributed by atoms with van der Waals surface area (Å²) in [5.74, 6) is -0.562. The molecule has 0 aliphatic rings. The first-order valence-electron chi connectivity index (χ1n) is 5.86. The number of rotatable bonds is 3. The molecule has 0 fully saturated rings. The molecule has 0 N–H and O–H groups in total. The van der Waals surface area contributed by atoms with Gasteiger partial charge in [-0.05, 0) is 24.3 Å². The zero-order chi connectivity index (χ0) is 15.6. The van der Waals surface area contributed by atoms with Crippen LogP contribution in [0.2, 0.25) is 0 Å². The molecule has 110 valence electrons. The van der Waals surface area contributed by atoms with Crippen LogP contribution in [0.15, 0.2) is 45.9 Å². The number of pyridine rings is 1. The Balaban J connectivity index is 2.55. The van der Waals surface area contributed by atoms with Crippen LogP contribution in [0.3, 0.4) is 0 Å². The summed E-state index contributed by atoms with van der Waals surface area (Å²) in [4.78, 5) is 27.3. The zero-order valence-electron chi connectivity index (χ0n) is 11.3. The Labute approximate surface area is 120 Å². The molecule has 0 atom stereocenters. The Hall–Kier alpha value is -2.48. The molecule has 7 nitrogen and oxygen atoms in total. The van der Waals surface area contributed by atoms with Gasteiger partial charge in [-0.1, -0.05) is 0 Å². The maximum atomic E-state index is 12.0. The molecule has 2 aromatic heterocycles. The fourth-order valence-electron chi connectivity index (χ4n) is 1.80. The zero-order valence-corrected chi connectivity index (χ0v) is 12.1. The van der Waals surface area contributed by atoms with E-state index in [0.717, 1.165) is 13.2 Å². The predicted molar refractivity (Wildman–Crippen MR) is 76.2 cm³/mol. The van der Waals surface area contributed by atoms with E-state index >= 15 is 0 Å². The van der Waals surface area contributed by atoms with E-state index < -0.39 is 21.6 Å². The first kappa shape index (κ1) is 14.9. The van der Waals surface area contributed by atoms with E-state index in [1.165, 1.54) is 18.3 Å². The highest BCUT2D eigenvalue weighted by atomic mass is 32.2. The van der Waals surface area contributed by atoms with Crippen LogP contribution in [0.4, 0.5) is 5.69 Å². The number of carbonyl (C=O) groups excluding carboxylic acids is 1. The predicted octanol–water partition coefficient (Wildman–Crippen LogP) is 1.01. The van der Waals surface area contributed by atoms with Crippen molar-refractivity contribution in [3.05, 3.63) is 47.1 Å². The van der Waals surface area contributed by atoms with Crippen molar-refractivity contribution in [2.45, 2.75) is 6.92 Å². The SMILES string of the molecule is CC(=O)N(c1ccc(-c2cccnc2)oc1=O)S(C)(=O)=O. The molecule has 0 unspecified atom stereocenters. The van der Waals surface area contributed by atoms with E-state index in [9.17, 15) is 18.0 Å². The van der Waals surface area contributed by atoms with Crippen molar-refractivity contribution in [2.24, 2.45) is 0 Å². The van der Waals surface area contributed by atoms with Crippen LogP contribution >= 0.6 is 0 Å². The number of hydrogen-bond donors (Lipinski definition) is 0. The van der Waals surface area contributed by atoms with Crippen LogP contribution in [0, 0.1) is 0 Å². The molecule has 2 aromatic rings. The molecule has 0 aliphatic carbocycles. The highest BCUT2D eigenvalue weighted by molar-refractivity contribution is 7.92. The number of nitrogens with zero attached hydrogens (tertiary/aromatic N) is 2. The first-order chi connectivity index (χ1) is 9.80. The standard InChI is InChI=1S/C13H12N2O5S/c1-9(16)15(21(2,18)19)11-5-6-12(20-13(11)17)10-4-3-7-14-8-10/h3-8H,1-2H3. The van der Waals surface area contributed by atoms with Gasteiger partial charge in [-0.15, -0.1) is 0 Å². The quantitative estimate of drug-likeness (QED) is 0.839. The minimum atomic E-state index is -3.91. The van der Waals surface area contributed by atoms with Gasteiger partial charge in [-0.25, -0.2) is 13.2 Å².